The van der Waals surface area contributed by atoms with E-state index in [4.69, 9.17) is 15.5 Å². The second-order valence-corrected chi connectivity index (χ2v) is 12.5. The fourth-order valence-corrected chi connectivity index (χ4v) is 7.50. The normalized spacial score (nSPS) is 24.0. The van der Waals surface area contributed by atoms with Crippen LogP contribution in [0.1, 0.15) is 36.0 Å². The Morgan fingerprint density at radius 2 is 2.00 bits per heavy atom. The minimum Gasteiger partial charge on any atom is -0.494 e. The van der Waals surface area contributed by atoms with Gasteiger partial charge in [-0.25, -0.2) is 4.98 Å². The van der Waals surface area contributed by atoms with Crippen LogP contribution in [-0.2, 0) is 18.4 Å². The van der Waals surface area contributed by atoms with Crippen molar-refractivity contribution in [3.63, 3.8) is 0 Å². The summed E-state index contributed by atoms with van der Waals surface area (Å²) in [6.45, 7) is 3.44. The molecule has 3 atom stereocenters. The summed E-state index contributed by atoms with van der Waals surface area (Å²) in [5.41, 5.74) is 11.7. The van der Waals surface area contributed by atoms with E-state index in [1.165, 1.54) is 12.8 Å². The highest BCUT2D eigenvalue weighted by atomic mass is 16.5. The van der Waals surface area contributed by atoms with Crippen molar-refractivity contribution in [1.29, 1.82) is 0 Å². The van der Waals surface area contributed by atoms with E-state index in [-0.39, 0.29) is 23.9 Å². The van der Waals surface area contributed by atoms with Crippen LogP contribution in [0.2, 0.25) is 0 Å². The van der Waals surface area contributed by atoms with Crippen molar-refractivity contribution in [1.82, 2.24) is 24.3 Å². The quantitative estimate of drug-likeness (QED) is 0.371. The zero-order chi connectivity index (χ0) is 28.7. The summed E-state index contributed by atoms with van der Waals surface area (Å²) in [5, 5.41) is 4.28. The summed E-state index contributed by atoms with van der Waals surface area (Å²) in [6.07, 6.45) is 4.52. The molecule has 4 aliphatic rings. The second kappa shape index (κ2) is 9.57. The number of imidazole rings is 1. The summed E-state index contributed by atoms with van der Waals surface area (Å²) in [4.78, 5) is 35.3. The van der Waals surface area contributed by atoms with Gasteiger partial charge in [0, 0.05) is 61.9 Å². The number of carbonyl (C=O) groups excluding carboxylic acids is 2. The zero-order valence-corrected chi connectivity index (χ0v) is 24.2. The lowest BCUT2D eigenvalue weighted by Crippen LogP contribution is -2.48. The van der Waals surface area contributed by atoms with E-state index in [1.54, 1.807) is 7.11 Å². The Balaban J connectivity index is 1.23. The number of likely N-dealkylation sites (tertiary alicyclic amines) is 1. The van der Waals surface area contributed by atoms with Gasteiger partial charge in [0.2, 0.25) is 5.91 Å². The van der Waals surface area contributed by atoms with Crippen LogP contribution in [0.4, 0.5) is 5.69 Å². The number of carbonyl (C=O) groups is 2. The number of ether oxygens (including phenoxy) is 1. The van der Waals surface area contributed by atoms with Crippen LogP contribution in [0.25, 0.3) is 33.5 Å². The molecule has 2 aromatic carbocycles. The molecule has 8 rings (SSSR count). The van der Waals surface area contributed by atoms with Gasteiger partial charge in [-0.15, -0.1) is 0 Å². The van der Waals surface area contributed by atoms with Crippen LogP contribution in [0.5, 0.6) is 5.75 Å². The van der Waals surface area contributed by atoms with Crippen molar-refractivity contribution in [2.75, 3.05) is 38.2 Å². The third-order valence-corrected chi connectivity index (χ3v) is 9.97. The first-order valence-electron chi connectivity index (χ1n) is 15.2. The molecule has 3 N–H and O–H groups in total. The molecule has 2 unspecified atom stereocenters. The summed E-state index contributed by atoms with van der Waals surface area (Å²) in [5.74, 6) is 2.59. The van der Waals surface area contributed by atoms with Crippen molar-refractivity contribution in [2.24, 2.45) is 24.6 Å². The minimum absolute atomic E-state index is 0.00268. The number of amides is 2. The Hall–Kier alpha value is -3.89. The number of rotatable bonds is 6. The molecule has 218 valence electrons. The number of nitrogens with zero attached hydrogens (tertiary/aromatic N) is 5. The van der Waals surface area contributed by atoms with Crippen molar-refractivity contribution < 1.29 is 14.3 Å². The lowest BCUT2D eigenvalue weighted by Gasteiger charge is -2.27. The Bertz CT molecular complexity index is 1750. The van der Waals surface area contributed by atoms with E-state index < -0.39 is 0 Å². The smallest absolute Gasteiger partial charge is 0.254 e. The number of methoxy groups -OCH3 is 1. The number of hydrogen-bond acceptors (Lipinski definition) is 6. The number of hydrogen-bond donors (Lipinski definition) is 2. The summed E-state index contributed by atoms with van der Waals surface area (Å²) in [6, 6.07) is 12.4. The van der Waals surface area contributed by atoms with Crippen molar-refractivity contribution in [3.8, 4) is 17.3 Å². The number of nitrogens with one attached hydrogen (secondary N) is 1. The summed E-state index contributed by atoms with van der Waals surface area (Å²) < 4.78 is 10.3. The highest BCUT2D eigenvalue weighted by molar-refractivity contribution is 6.01. The van der Waals surface area contributed by atoms with Crippen molar-refractivity contribution >= 4 is 39.4 Å². The maximum atomic E-state index is 13.7. The minimum atomic E-state index is 0.00268. The van der Waals surface area contributed by atoms with Gasteiger partial charge in [-0.05, 0) is 67.9 Å². The molecule has 2 aromatic heterocycles. The first-order chi connectivity index (χ1) is 20.4. The molecule has 4 aromatic rings. The van der Waals surface area contributed by atoms with Crippen LogP contribution in [0.3, 0.4) is 0 Å². The number of nitrogens with two attached hydrogens (primary N) is 1. The number of anilines is 1. The average Bonchev–Trinajstić information content (AvgIpc) is 3.41. The summed E-state index contributed by atoms with van der Waals surface area (Å²) >= 11 is 0. The predicted molar refractivity (Wildman–Crippen MR) is 162 cm³/mol. The molecule has 2 amide bonds. The second-order valence-electron chi connectivity index (χ2n) is 12.5. The Morgan fingerprint density at radius 3 is 2.71 bits per heavy atom. The standard InChI is InChI=1S/C32H37N7O3/c1-36-30-23(11-21(13-27(30)42-2)32(41)39-17-20-6-8-24(39)29(20)33)35-31(36)26-12-19-5-7-22(37-10-9-34-15-28(37)40)14-25(19)38(26)16-18-3-4-18/h5,7,11-14,18,20,24,29,34H,3-4,6,8-10,15-17,33H2,1-2H3/t20?,24?,29-/m1/s1. The SMILES string of the molecule is COc1cc(C(=O)N2CC3CCC2[C@@H]3N)cc2nc(-c3cc4ccc(N5CCNCC5=O)cc4n3CC3CC3)n(C)c12. The molecule has 2 saturated carbocycles. The Kier molecular flexibility index (Phi) is 5.88. The van der Waals surface area contributed by atoms with E-state index in [9.17, 15) is 9.59 Å². The van der Waals surface area contributed by atoms with Gasteiger partial charge in [-0.3, -0.25) is 9.59 Å². The van der Waals surface area contributed by atoms with Gasteiger partial charge in [0.25, 0.3) is 5.91 Å². The van der Waals surface area contributed by atoms with Crippen molar-refractivity contribution in [3.05, 3.63) is 42.0 Å². The monoisotopic (exact) mass is 567 g/mol. The van der Waals surface area contributed by atoms with E-state index >= 15 is 0 Å². The highest BCUT2D eigenvalue weighted by Crippen LogP contribution is 2.40. The maximum Gasteiger partial charge on any atom is 0.254 e. The third-order valence-electron chi connectivity index (χ3n) is 9.97. The molecule has 10 heteroatoms. The Morgan fingerprint density at radius 1 is 1.14 bits per heavy atom. The number of aryl methyl sites for hydroxylation is 1. The van der Waals surface area contributed by atoms with E-state index in [1.807, 2.05) is 35.0 Å². The van der Waals surface area contributed by atoms with Crippen LogP contribution in [0.15, 0.2) is 36.4 Å². The van der Waals surface area contributed by atoms with Gasteiger partial charge in [-0.1, -0.05) is 6.07 Å². The number of piperazine rings is 1. The molecule has 2 bridgehead atoms. The third kappa shape index (κ3) is 3.95. The molecular formula is C32H37N7O3. The molecule has 2 saturated heterocycles. The molecular weight excluding hydrogens is 530 g/mol. The first kappa shape index (κ1) is 25.8. The predicted octanol–water partition coefficient (Wildman–Crippen LogP) is 3.11. The number of aromatic nitrogens is 3. The molecule has 0 spiro atoms. The first-order valence-corrected chi connectivity index (χ1v) is 15.2. The molecule has 0 radical (unpaired) electrons. The Labute approximate surface area is 244 Å². The van der Waals surface area contributed by atoms with Gasteiger partial charge in [0.05, 0.1) is 30.4 Å². The largest absolute Gasteiger partial charge is 0.494 e. The fourth-order valence-electron chi connectivity index (χ4n) is 7.50. The van der Waals surface area contributed by atoms with Crippen LogP contribution >= 0.6 is 0 Å². The van der Waals surface area contributed by atoms with Gasteiger partial charge in [0.15, 0.2) is 5.82 Å². The van der Waals surface area contributed by atoms with E-state index in [0.29, 0.717) is 36.2 Å². The van der Waals surface area contributed by atoms with Crippen LogP contribution < -0.4 is 20.7 Å². The molecule has 10 nitrogen and oxygen atoms in total. The summed E-state index contributed by atoms with van der Waals surface area (Å²) in [7, 11) is 3.66. The molecule has 2 aliphatic heterocycles. The van der Waals surface area contributed by atoms with Gasteiger partial charge in [0.1, 0.15) is 11.3 Å². The molecule has 4 fully saturated rings. The number of fused-ring (bicyclic) bond motifs is 4. The highest BCUT2D eigenvalue weighted by Gasteiger charge is 2.47. The van der Waals surface area contributed by atoms with Gasteiger partial charge < -0.3 is 34.7 Å². The molecule has 42 heavy (non-hydrogen) atoms. The lowest BCUT2D eigenvalue weighted by atomic mass is 10.1. The average molecular weight is 568 g/mol. The van der Waals surface area contributed by atoms with Gasteiger partial charge >= 0.3 is 0 Å². The van der Waals surface area contributed by atoms with Crippen LogP contribution in [-0.4, -0.2) is 76.2 Å². The van der Waals surface area contributed by atoms with E-state index in [2.05, 4.69) is 32.7 Å². The lowest BCUT2D eigenvalue weighted by molar-refractivity contribution is -0.118. The maximum absolute atomic E-state index is 13.7. The number of piperidine rings is 1. The van der Waals surface area contributed by atoms with Crippen LogP contribution in [0, 0.1) is 11.8 Å². The molecule has 2 aliphatic carbocycles. The van der Waals surface area contributed by atoms with Gasteiger partial charge in [-0.2, -0.15) is 0 Å². The zero-order valence-electron chi connectivity index (χ0n) is 24.2. The fraction of sp³-hybridized carbons (Fsp3) is 0.469. The molecule has 4 heterocycles. The van der Waals surface area contributed by atoms with E-state index in [0.717, 1.165) is 71.6 Å². The topological polar surface area (TPSA) is 111 Å². The number of benzene rings is 2. The van der Waals surface area contributed by atoms with Crippen molar-refractivity contribution in [2.45, 2.75) is 44.3 Å².